The lowest BCUT2D eigenvalue weighted by atomic mass is 10.2. The van der Waals surface area contributed by atoms with Crippen LogP contribution in [0.2, 0.25) is 0 Å². The van der Waals surface area contributed by atoms with Gasteiger partial charge in [-0.05, 0) is 40.8 Å². The summed E-state index contributed by atoms with van der Waals surface area (Å²) in [4.78, 5) is 15.9. The predicted molar refractivity (Wildman–Crippen MR) is 111 cm³/mol. The number of tetrazole rings is 1. The molecule has 0 saturated carbocycles. The second-order valence-corrected chi connectivity index (χ2v) is 6.27. The Bertz CT molecular complexity index is 1280. The second-order valence-electron chi connectivity index (χ2n) is 6.27. The number of hydrogen-bond acceptors (Lipinski definition) is 8. The molecule has 12 heteroatoms. The van der Waals surface area contributed by atoms with E-state index < -0.39 is 11.8 Å². The molecular formula is C20H15FN8O3. The summed E-state index contributed by atoms with van der Waals surface area (Å²) in [5.74, 6) is -0.220. The fraction of sp³-hybridized carbons (Fsp3) is 0. The molecule has 2 aromatic carbocycles. The Morgan fingerprint density at radius 3 is 2.78 bits per heavy atom. The van der Waals surface area contributed by atoms with E-state index >= 15 is 0 Å². The molecule has 160 valence electrons. The number of carbonyl (C=O) groups is 1. The summed E-state index contributed by atoms with van der Waals surface area (Å²) in [7, 11) is 0. The van der Waals surface area contributed by atoms with Gasteiger partial charge in [0.2, 0.25) is 0 Å². The highest BCUT2D eigenvalue weighted by Crippen LogP contribution is 2.29. The van der Waals surface area contributed by atoms with Gasteiger partial charge in [0.05, 0.1) is 11.9 Å². The summed E-state index contributed by atoms with van der Waals surface area (Å²) in [6, 6.07) is 12.3. The van der Waals surface area contributed by atoms with E-state index in [1.54, 1.807) is 18.2 Å². The summed E-state index contributed by atoms with van der Waals surface area (Å²) < 4.78 is 21.6. The zero-order chi connectivity index (χ0) is 22.5. The number of anilines is 1. The Hall–Kier alpha value is -4.87. The standard InChI is InChI=1S/C20H15FN8O3/c21-16-9-14(29(20(22)31)25-11-13-3-1-2-4-17(13)30)5-6-18(16)32-15-7-8-23-19(10-15)28-12-24-26-27-28/h1-12,30H,(H2,22,31)/b25-11+. The third kappa shape index (κ3) is 4.48. The maximum atomic E-state index is 14.7. The molecule has 0 aliphatic heterocycles. The number of halogens is 1. The van der Waals surface area contributed by atoms with Crippen molar-refractivity contribution in [1.82, 2.24) is 25.2 Å². The number of rotatable bonds is 6. The largest absolute Gasteiger partial charge is 0.507 e. The maximum absolute atomic E-state index is 14.7. The molecule has 4 rings (SSSR count). The molecule has 0 atom stereocenters. The highest BCUT2D eigenvalue weighted by Gasteiger charge is 2.15. The van der Waals surface area contributed by atoms with Crippen molar-refractivity contribution in [3.05, 3.63) is 78.5 Å². The minimum atomic E-state index is -0.940. The van der Waals surface area contributed by atoms with Gasteiger partial charge in [-0.3, -0.25) is 0 Å². The number of nitrogens with zero attached hydrogens (tertiary/aromatic N) is 7. The Morgan fingerprint density at radius 1 is 1.22 bits per heavy atom. The number of carbonyl (C=O) groups excluding carboxylic acids is 1. The fourth-order valence-electron chi connectivity index (χ4n) is 2.65. The van der Waals surface area contributed by atoms with Crippen molar-refractivity contribution >= 4 is 17.9 Å². The van der Waals surface area contributed by atoms with Crippen LogP contribution in [0, 0.1) is 5.82 Å². The number of phenolic OH excluding ortho intramolecular Hbond substituents is 1. The summed E-state index contributed by atoms with van der Waals surface area (Å²) in [6.07, 6.45) is 4.05. The van der Waals surface area contributed by atoms with Crippen molar-refractivity contribution in [2.45, 2.75) is 0 Å². The molecule has 0 unspecified atom stereocenters. The van der Waals surface area contributed by atoms with E-state index in [0.717, 1.165) is 11.1 Å². The van der Waals surface area contributed by atoms with E-state index in [0.29, 0.717) is 17.1 Å². The van der Waals surface area contributed by atoms with E-state index in [-0.39, 0.29) is 17.2 Å². The quantitative estimate of drug-likeness (QED) is 0.350. The van der Waals surface area contributed by atoms with Crippen LogP contribution >= 0.6 is 0 Å². The van der Waals surface area contributed by atoms with E-state index in [4.69, 9.17) is 10.5 Å². The normalized spacial score (nSPS) is 10.9. The van der Waals surface area contributed by atoms with Crippen molar-refractivity contribution < 1.29 is 19.0 Å². The lowest BCUT2D eigenvalue weighted by molar-refractivity contribution is 0.254. The first-order valence-corrected chi connectivity index (χ1v) is 9.09. The number of urea groups is 1. The van der Waals surface area contributed by atoms with Gasteiger partial charge in [0.1, 0.15) is 17.8 Å². The number of primary amides is 1. The average Bonchev–Trinajstić information content (AvgIpc) is 3.32. The van der Waals surface area contributed by atoms with Crippen molar-refractivity contribution in [3.63, 3.8) is 0 Å². The zero-order valence-electron chi connectivity index (χ0n) is 16.3. The first kappa shape index (κ1) is 20.4. The summed E-state index contributed by atoms with van der Waals surface area (Å²) >= 11 is 0. The molecule has 0 spiro atoms. The number of pyridine rings is 1. The molecular weight excluding hydrogens is 419 g/mol. The molecule has 3 N–H and O–H groups in total. The van der Waals surface area contributed by atoms with Gasteiger partial charge < -0.3 is 15.6 Å². The molecule has 2 amide bonds. The van der Waals surface area contributed by atoms with Crippen LogP contribution < -0.4 is 15.5 Å². The number of para-hydroxylation sites is 1. The number of benzene rings is 2. The Morgan fingerprint density at radius 2 is 2.06 bits per heavy atom. The molecule has 0 fully saturated rings. The third-order valence-corrected chi connectivity index (χ3v) is 4.15. The van der Waals surface area contributed by atoms with Crippen LogP contribution in [0.3, 0.4) is 0 Å². The molecule has 0 aliphatic rings. The fourth-order valence-corrected chi connectivity index (χ4v) is 2.65. The van der Waals surface area contributed by atoms with Crippen LogP contribution in [-0.2, 0) is 0 Å². The third-order valence-electron chi connectivity index (χ3n) is 4.15. The smallest absolute Gasteiger partial charge is 0.340 e. The molecule has 2 heterocycles. The van der Waals surface area contributed by atoms with Gasteiger partial charge in [-0.25, -0.2) is 14.2 Å². The van der Waals surface area contributed by atoms with Crippen LogP contribution in [0.15, 0.2) is 72.2 Å². The number of nitrogens with two attached hydrogens (primary N) is 1. The van der Waals surface area contributed by atoms with Gasteiger partial charge in [0.15, 0.2) is 17.4 Å². The summed E-state index contributed by atoms with van der Waals surface area (Å²) in [6.45, 7) is 0. The predicted octanol–water partition coefficient (Wildman–Crippen LogP) is 2.61. The lowest BCUT2D eigenvalue weighted by Crippen LogP contribution is -2.31. The van der Waals surface area contributed by atoms with Crippen LogP contribution in [0.4, 0.5) is 14.9 Å². The van der Waals surface area contributed by atoms with Crippen LogP contribution in [0.5, 0.6) is 17.2 Å². The van der Waals surface area contributed by atoms with E-state index in [2.05, 4.69) is 25.6 Å². The Kier molecular flexibility index (Phi) is 5.66. The number of aromatic hydroxyl groups is 1. The molecule has 2 aromatic heterocycles. The van der Waals surface area contributed by atoms with Crippen molar-refractivity contribution in [2.24, 2.45) is 10.8 Å². The molecule has 0 aliphatic carbocycles. The maximum Gasteiger partial charge on any atom is 0.340 e. The van der Waals surface area contributed by atoms with Crippen LogP contribution in [0.25, 0.3) is 5.82 Å². The number of ether oxygens (including phenoxy) is 1. The molecule has 0 saturated heterocycles. The zero-order valence-corrected chi connectivity index (χ0v) is 16.3. The number of aromatic nitrogens is 5. The number of phenols is 1. The monoisotopic (exact) mass is 434 g/mol. The van der Waals surface area contributed by atoms with Gasteiger partial charge in [-0.15, -0.1) is 5.10 Å². The first-order chi connectivity index (χ1) is 15.5. The number of hydrogen-bond donors (Lipinski definition) is 2. The van der Waals surface area contributed by atoms with Crippen LogP contribution in [0.1, 0.15) is 5.56 Å². The van der Waals surface area contributed by atoms with Crippen molar-refractivity contribution in [1.29, 1.82) is 0 Å². The van der Waals surface area contributed by atoms with Gasteiger partial charge in [-0.1, -0.05) is 12.1 Å². The van der Waals surface area contributed by atoms with Gasteiger partial charge in [0, 0.05) is 23.9 Å². The highest BCUT2D eigenvalue weighted by molar-refractivity contribution is 5.93. The van der Waals surface area contributed by atoms with Gasteiger partial charge >= 0.3 is 6.03 Å². The molecule has 4 aromatic rings. The second kappa shape index (κ2) is 8.87. The first-order valence-electron chi connectivity index (χ1n) is 9.09. The van der Waals surface area contributed by atoms with E-state index in [9.17, 15) is 14.3 Å². The topological polar surface area (TPSA) is 145 Å². The number of hydrazone groups is 1. The minimum absolute atomic E-state index is 0.0333. The molecule has 32 heavy (non-hydrogen) atoms. The van der Waals surface area contributed by atoms with Crippen molar-refractivity contribution in [2.75, 3.05) is 5.01 Å². The van der Waals surface area contributed by atoms with Gasteiger partial charge in [0.25, 0.3) is 0 Å². The van der Waals surface area contributed by atoms with Crippen molar-refractivity contribution in [3.8, 4) is 23.1 Å². The highest BCUT2D eigenvalue weighted by atomic mass is 19.1. The Balaban J connectivity index is 1.56. The average molecular weight is 434 g/mol. The molecule has 0 bridgehead atoms. The van der Waals surface area contributed by atoms with E-state index in [1.165, 1.54) is 53.8 Å². The summed E-state index contributed by atoms with van der Waals surface area (Å²) in [5.41, 5.74) is 5.80. The minimum Gasteiger partial charge on any atom is -0.507 e. The lowest BCUT2D eigenvalue weighted by Gasteiger charge is -2.15. The van der Waals surface area contributed by atoms with Gasteiger partial charge in [-0.2, -0.15) is 14.8 Å². The summed E-state index contributed by atoms with van der Waals surface area (Å²) in [5, 5.41) is 25.4. The Labute approximate surface area is 180 Å². The molecule has 11 nitrogen and oxygen atoms in total. The van der Waals surface area contributed by atoms with E-state index in [1.807, 2.05) is 0 Å². The SMILES string of the molecule is NC(=O)N(/N=C/c1ccccc1O)c1ccc(Oc2ccnc(-n3cnnn3)c2)c(F)c1. The molecule has 0 radical (unpaired) electrons. The van der Waals surface area contributed by atoms with Crippen LogP contribution in [-0.4, -0.2) is 42.5 Å². The number of amides is 2.